The quantitative estimate of drug-likeness (QED) is 0.602. The molecule has 0 aromatic heterocycles. The lowest BCUT2D eigenvalue weighted by Crippen LogP contribution is -1.73. The number of benzene rings is 1. The van der Waals surface area contributed by atoms with Gasteiger partial charge < -0.3 is 5.11 Å². The average Bonchev–Trinajstić information content (AvgIpc) is 2.32. The van der Waals surface area contributed by atoms with Gasteiger partial charge in [-0.05, 0) is 43.0 Å². The Labute approximate surface area is 96.0 Å². The van der Waals surface area contributed by atoms with Crippen molar-refractivity contribution in [2.45, 2.75) is 6.92 Å². The Morgan fingerprint density at radius 3 is 2.50 bits per heavy atom. The summed E-state index contributed by atoms with van der Waals surface area (Å²) in [5.74, 6) is 0.277. The summed E-state index contributed by atoms with van der Waals surface area (Å²) < 4.78 is 0. The zero-order valence-corrected chi connectivity index (χ0v) is 9.30. The SMILES string of the molecule is C=N\C=C/C(=C\C)/C=C/c1ccc(O)cc1. The molecule has 1 aromatic carbocycles. The summed E-state index contributed by atoms with van der Waals surface area (Å²) in [4.78, 5) is 3.65. The first-order valence-corrected chi connectivity index (χ1v) is 5.02. The molecule has 0 spiro atoms. The average molecular weight is 213 g/mol. The Bertz CT molecular complexity index is 425. The summed E-state index contributed by atoms with van der Waals surface area (Å²) in [5.41, 5.74) is 2.09. The van der Waals surface area contributed by atoms with Crippen LogP contribution in [0.1, 0.15) is 12.5 Å². The van der Waals surface area contributed by atoms with Gasteiger partial charge in [-0.15, -0.1) is 0 Å². The van der Waals surface area contributed by atoms with Crippen molar-refractivity contribution in [1.29, 1.82) is 0 Å². The monoisotopic (exact) mass is 213 g/mol. The highest BCUT2D eigenvalue weighted by Crippen LogP contribution is 2.12. The van der Waals surface area contributed by atoms with E-state index >= 15 is 0 Å². The van der Waals surface area contributed by atoms with Gasteiger partial charge in [0.2, 0.25) is 0 Å². The first-order valence-electron chi connectivity index (χ1n) is 5.02. The summed E-state index contributed by atoms with van der Waals surface area (Å²) in [7, 11) is 0. The summed E-state index contributed by atoms with van der Waals surface area (Å²) >= 11 is 0. The van der Waals surface area contributed by atoms with E-state index in [0.29, 0.717) is 0 Å². The summed E-state index contributed by atoms with van der Waals surface area (Å²) in [6.07, 6.45) is 9.47. The lowest BCUT2D eigenvalue weighted by atomic mass is 10.1. The number of allylic oxidation sites excluding steroid dienone is 4. The molecule has 1 aromatic rings. The van der Waals surface area contributed by atoms with Crippen LogP contribution in [0.25, 0.3) is 6.08 Å². The minimum atomic E-state index is 0.277. The zero-order chi connectivity index (χ0) is 11.8. The second-order valence-electron chi connectivity index (χ2n) is 3.21. The van der Waals surface area contributed by atoms with Crippen molar-refractivity contribution in [2.24, 2.45) is 4.99 Å². The first kappa shape index (κ1) is 12.0. The number of nitrogens with zero attached hydrogens (tertiary/aromatic N) is 1. The van der Waals surface area contributed by atoms with Crippen molar-refractivity contribution in [3.8, 4) is 5.75 Å². The predicted octanol–water partition coefficient (Wildman–Crippen LogP) is 3.57. The van der Waals surface area contributed by atoms with Crippen LogP contribution in [0.3, 0.4) is 0 Å². The zero-order valence-electron chi connectivity index (χ0n) is 9.30. The maximum absolute atomic E-state index is 9.13. The van der Waals surface area contributed by atoms with E-state index in [0.717, 1.165) is 11.1 Å². The van der Waals surface area contributed by atoms with E-state index in [-0.39, 0.29) is 5.75 Å². The van der Waals surface area contributed by atoms with Crippen molar-refractivity contribution in [1.82, 2.24) is 0 Å². The second-order valence-corrected chi connectivity index (χ2v) is 3.21. The molecule has 0 fully saturated rings. The Hall–Kier alpha value is -2.09. The fourth-order valence-corrected chi connectivity index (χ4v) is 1.16. The maximum Gasteiger partial charge on any atom is 0.115 e. The molecule has 0 aliphatic carbocycles. The molecule has 0 amide bonds. The van der Waals surface area contributed by atoms with Crippen LogP contribution in [0.15, 0.2) is 59.3 Å². The normalized spacial score (nSPS) is 12.4. The van der Waals surface area contributed by atoms with Gasteiger partial charge in [0.15, 0.2) is 0 Å². The highest BCUT2D eigenvalue weighted by atomic mass is 16.3. The molecule has 1 rings (SSSR count). The Balaban J connectivity index is 2.75. The summed E-state index contributed by atoms with van der Waals surface area (Å²) in [5, 5.41) is 9.13. The second kappa shape index (κ2) is 6.40. The predicted molar refractivity (Wildman–Crippen MR) is 69.6 cm³/mol. The molecule has 0 aliphatic heterocycles. The molecule has 1 N–H and O–H groups in total. The molecule has 0 radical (unpaired) electrons. The lowest BCUT2D eigenvalue weighted by Gasteiger charge is -1.95. The van der Waals surface area contributed by atoms with Crippen LogP contribution in [0.2, 0.25) is 0 Å². The molecule has 2 heteroatoms. The van der Waals surface area contributed by atoms with Gasteiger partial charge in [0.1, 0.15) is 5.75 Å². The van der Waals surface area contributed by atoms with E-state index in [9.17, 15) is 0 Å². The molecule has 0 saturated carbocycles. The largest absolute Gasteiger partial charge is 0.508 e. The third-order valence-electron chi connectivity index (χ3n) is 2.07. The molecule has 2 nitrogen and oxygen atoms in total. The van der Waals surface area contributed by atoms with Crippen molar-refractivity contribution in [2.75, 3.05) is 0 Å². The Kier molecular flexibility index (Phi) is 4.80. The molecule has 0 saturated heterocycles. The number of hydrogen-bond donors (Lipinski definition) is 1. The third kappa shape index (κ3) is 3.96. The first-order chi connectivity index (χ1) is 7.76. The minimum Gasteiger partial charge on any atom is -0.508 e. The molecule has 0 aliphatic rings. The van der Waals surface area contributed by atoms with Crippen LogP contribution < -0.4 is 0 Å². The Morgan fingerprint density at radius 2 is 1.94 bits per heavy atom. The van der Waals surface area contributed by atoms with E-state index in [1.54, 1.807) is 18.3 Å². The van der Waals surface area contributed by atoms with Crippen LogP contribution >= 0.6 is 0 Å². The molecule has 0 bridgehead atoms. The molecule has 0 unspecified atom stereocenters. The fraction of sp³-hybridized carbons (Fsp3) is 0.0714. The molecular formula is C14H15NO. The molecule has 0 atom stereocenters. The van der Waals surface area contributed by atoms with Gasteiger partial charge in [-0.1, -0.05) is 30.4 Å². The number of aliphatic imine (C=N–C) groups is 1. The third-order valence-corrected chi connectivity index (χ3v) is 2.07. The van der Waals surface area contributed by atoms with Crippen molar-refractivity contribution >= 4 is 12.8 Å². The van der Waals surface area contributed by atoms with E-state index in [1.165, 1.54) is 0 Å². The van der Waals surface area contributed by atoms with Gasteiger partial charge in [0.25, 0.3) is 0 Å². The van der Waals surface area contributed by atoms with Gasteiger partial charge in [-0.3, -0.25) is 4.99 Å². The van der Waals surface area contributed by atoms with Gasteiger partial charge in [0.05, 0.1) is 0 Å². The van der Waals surface area contributed by atoms with Crippen LogP contribution in [0.5, 0.6) is 5.75 Å². The van der Waals surface area contributed by atoms with Gasteiger partial charge in [-0.2, -0.15) is 0 Å². The molecular weight excluding hydrogens is 198 g/mol. The maximum atomic E-state index is 9.13. The lowest BCUT2D eigenvalue weighted by molar-refractivity contribution is 0.475. The van der Waals surface area contributed by atoms with Crippen LogP contribution in [-0.4, -0.2) is 11.8 Å². The highest BCUT2D eigenvalue weighted by Gasteiger charge is 1.88. The fourth-order valence-electron chi connectivity index (χ4n) is 1.16. The summed E-state index contributed by atoms with van der Waals surface area (Å²) in [6, 6.07) is 7.04. The summed E-state index contributed by atoms with van der Waals surface area (Å²) in [6.45, 7) is 5.34. The number of rotatable bonds is 4. The van der Waals surface area contributed by atoms with E-state index in [1.807, 2.05) is 43.4 Å². The van der Waals surface area contributed by atoms with Crippen molar-refractivity contribution in [3.05, 3.63) is 59.8 Å². The Morgan fingerprint density at radius 1 is 1.25 bits per heavy atom. The number of phenols is 1. The van der Waals surface area contributed by atoms with Crippen molar-refractivity contribution in [3.63, 3.8) is 0 Å². The minimum absolute atomic E-state index is 0.277. The topological polar surface area (TPSA) is 32.6 Å². The van der Waals surface area contributed by atoms with Crippen LogP contribution in [0, 0.1) is 0 Å². The van der Waals surface area contributed by atoms with Crippen LogP contribution in [0.4, 0.5) is 0 Å². The van der Waals surface area contributed by atoms with E-state index < -0.39 is 0 Å². The van der Waals surface area contributed by atoms with Crippen LogP contribution in [-0.2, 0) is 0 Å². The van der Waals surface area contributed by atoms with Gasteiger partial charge in [0, 0.05) is 6.20 Å². The molecule has 82 valence electrons. The van der Waals surface area contributed by atoms with Crippen molar-refractivity contribution < 1.29 is 5.11 Å². The molecule has 0 heterocycles. The van der Waals surface area contributed by atoms with E-state index in [4.69, 9.17) is 5.11 Å². The highest BCUT2D eigenvalue weighted by molar-refractivity contribution is 5.55. The number of phenolic OH excluding ortho intramolecular Hbond substituents is 1. The standard InChI is InChI=1S/C14H15NO/c1-3-12(10-11-15-2)4-5-13-6-8-14(16)9-7-13/h3-11,16H,2H2,1H3/b5-4+,11-10-,12-3-. The van der Waals surface area contributed by atoms with Gasteiger partial charge >= 0.3 is 0 Å². The number of hydrogen-bond acceptors (Lipinski definition) is 2. The smallest absolute Gasteiger partial charge is 0.115 e. The number of aromatic hydroxyl groups is 1. The molecule has 16 heavy (non-hydrogen) atoms. The van der Waals surface area contributed by atoms with Gasteiger partial charge in [-0.25, -0.2) is 0 Å². The van der Waals surface area contributed by atoms with E-state index in [2.05, 4.69) is 11.7 Å².